The van der Waals surface area contributed by atoms with E-state index in [4.69, 9.17) is 0 Å². The fraction of sp³-hybridized carbons (Fsp3) is 0.714. The summed E-state index contributed by atoms with van der Waals surface area (Å²) in [7, 11) is 0. The summed E-state index contributed by atoms with van der Waals surface area (Å²) in [5, 5.41) is 2.87. The summed E-state index contributed by atoms with van der Waals surface area (Å²) in [6.07, 6.45) is 7.89. The van der Waals surface area contributed by atoms with Crippen molar-refractivity contribution in [1.29, 1.82) is 0 Å². The summed E-state index contributed by atoms with van der Waals surface area (Å²) < 4.78 is 0. The van der Waals surface area contributed by atoms with E-state index in [1.165, 1.54) is 38.5 Å². The Balaban J connectivity index is 1.70. The Morgan fingerprint density at radius 2 is 2.11 bits per heavy atom. The fourth-order valence-electron chi connectivity index (χ4n) is 3.44. The highest BCUT2D eigenvalue weighted by atomic mass is 32.1. The number of amides is 1. The highest BCUT2D eigenvalue weighted by Gasteiger charge is 2.40. The van der Waals surface area contributed by atoms with E-state index in [0.29, 0.717) is 11.1 Å². The first-order valence-electron chi connectivity index (χ1n) is 6.90. The second kappa shape index (κ2) is 4.65. The highest BCUT2D eigenvalue weighted by molar-refractivity contribution is 7.09. The average Bonchev–Trinajstić information content (AvgIpc) is 2.97. The van der Waals surface area contributed by atoms with E-state index in [9.17, 15) is 4.79 Å². The molecule has 0 aromatic carbocycles. The third-order valence-corrected chi connectivity index (χ3v) is 5.25. The number of likely N-dealkylation sites (tertiary alicyclic amines) is 1. The largest absolute Gasteiger partial charge is 0.337 e. The minimum atomic E-state index is 0.141. The average molecular weight is 264 g/mol. The van der Waals surface area contributed by atoms with Crippen LogP contribution < -0.4 is 0 Å². The van der Waals surface area contributed by atoms with Gasteiger partial charge in [0.25, 0.3) is 5.91 Å². The molecule has 1 saturated heterocycles. The molecular weight excluding hydrogens is 244 g/mol. The Labute approximate surface area is 112 Å². The van der Waals surface area contributed by atoms with Crippen molar-refractivity contribution in [2.24, 2.45) is 5.41 Å². The monoisotopic (exact) mass is 264 g/mol. The molecule has 2 fully saturated rings. The van der Waals surface area contributed by atoms with Crippen molar-refractivity contribution in [2.75, 3.05) is 13.1 Å². The topological polar surface area (TPSA) is 33.2 Å². The molecule has 3 nitrogen and oxygen atoms in total. The number of rotatable bonds is 1. The second-order valence-electron chi connectivity index (χ2n) is 5.79. The standard InChI is InChI=1S/C14H20N2OS/c1-11-15-12(9-18-11)13(17)16-8-7-14(10-16)5-3-2-4-6-14/h9H,2-8,10H2,1H3. The van der Waals surface area contributed by atoms with E-state index in [0.717, 1.165) is 18.1 Å². The first-order valence-corrected chi connectivity index (χ1v) is 7.78. The lowest BCUT2D eigenvalue weighted by molar-refractivity contribution is 0.0754. The lowest BCUT2D eigenvalue weighted by Crippen LogP contribution is -2.33. The van der Waals surface area contributed by atoms with Crippen LogP contribution in [-0.4, -0.2) is 28.9 Å². The summed E-state index contributed by atoms with van der Waals surface area (Å²) >= 11 is 1.56. The number of hydrogen-bond donors (Lipinski definition) is 0. The molecule has 1 aliphatic carbocycles. The third-order valence-electron chi connectivity index (χ3n) is 4.48. The van der Waals surface area contributed by atoms with Crippen LogP contribution in [0.15, 0.2) is 5.38 Å². The Morgan fingerprint density at radius 1 is 1.33 bits per heavy atom. The van der Waals surface area contributed by atoms with Gasteiger partial charge in [-0.1, -0.05) is 19.3 Å². The van der Waals surface area contributed by atoms with E-state index in [2.05, 4.69) is 4.98 Å². The molecule has 0 bridgehead atoms. The number of nitrogens with zero attached hydrogens (tertiary/aromatic N) is 2. The number of carbonyl (C=O) groups is 1. The molecule has 1 saturated carbocycles. The number of aromatic nitrogens is 1. The molecule has 0 radical (unpaired) electrons. The molecule has 0 atom stereocenters. The highest BCUT2D eigenvalue weighted by Crippen LogP contribution is 2.43. The van der Waals surface area contributed by atoms with Crippen LogP contribution >= 0.6 is 11.3 Å². The molecule has 18 heavy (non-hydrogen) atoms. The van der Waals surface area contributed by atoms with Crippen molar-refractivity contribution in [3.63, 3.8) is 0 Å². The van der Waals surface area contributed by atoms with E-state index in [1.807, 2.05) is 17.2 Å². The lowest BCUT2D eigenvalue weighted by atomic mass is 9.73. The summed E-state index contributed by atoms with van der Waals surface area (Å²) in [4.78, 5) is 18.7. The molecule has 2 aliphatic rings. The van der Waals surface area contributed by atoms with Gasteiger partial charge in [-0.2, -0.15) is 0 Å². The summed E-state index contributed by atoms with van der Waals surface area (Å²) in [6.45, 7) is 3.84. The van der Waals surface area contributed by atoms with Gasteiger partial charge >= 0.3 is 0 Å². The van der Waals surface area contributed by atoms with Gasteiger partial charge in [0.2, 0.25) is 0 Å². The molecule has 1 aromatic rings. The fourth-order valence-corrected chi connectivity index (χ4v) is 4.03. The smallest absolute Gasteiger partial charge is 0.273 e. The van der Waals surface area contributed by atoms with Crippen molar-refractivity contribution in [3.05, 3.63) is 16.1 Å². The van der Waals surface area contributed by atoms with E-state index in [1.54, 1.807) is 11.3 Å². The van der Waals surface area contributed by atoms with Crippen LogP contribution in [0.3, 0.4) is 0 Å². The van der Waals surface area contributed by atoms with Crippen molar-refractivity contribution < 1.29 is 4.79 Å². The molecule has 0 unspecified atom stereocenters. The van der Waals surface area contributed by atoms with Crippen LogP contribution in [-0.2, 0) is 0 Å². The first kappa shape index (κ1) is 12.2. The Hall–Kier alpha value is -0.900. The van der Waals surface area contributed by atoms with Crippen molar-refractivity contribution in [3.8, 4) is 0 Å². The van der Waals surface area contributed by atoms with Gasteiger partial charge in [0.1, 0.15) is 5.69 Å². The summed E-state index contributed by atoms with van der Waals surface area (Å²) in [5.74, 6) is 0.141. The predicted octanol–water partition coefficient (Wildman–Crippen LogP) is 3.25. The van der Waals surface area contributed by atoms with E-state index >= 15 is 0 Å². The van der Waals surface area contributed by atoms with Crippen LogP contribution in [0.5, 0.6) is 0 Å². The van der Waals surface area contributed by atoms with Gasteiger partial charge in [-0.25, -0.2) is 4.98 Å². The zero-order chi connectivity index (χ0) is 12.6. The first-order chi connectivity index (χ1) is 8.69. The SMILES string of the molecule is Cc1nc(C(=O)N2CCC3(CCCCC3)C2)cs1. The molecule has 98 valence electrons. The van der Waals surface area contributed by atoms with Gasteiger partial charge in [-0.3, -0.25) is 4.79 Å². The molecular formula is C14H20N2OS. The molecule has 2 heterocycles. The van der Waals surface area contributed by atoms with Gasteiger partial charge in [0.05, 0.1) is 5.01 Å². The van der Waals surface area contributed by atoms with Crippen LogP contribution in [0.2, 0.25) is 0 Å². The van der Waals surface area contributed by atoms with E-state index < -0.39 is 0 Å². The van der Waals surface area contributed by atoms with Crippen molar-refractivity contribution in [2.45, 2.75) is 45.4 Å². The Kier molecular flexibility index (Phi) is 3.14. The van der Waals surface area contributed by atoms with Gasteiger partial charge < -0.3 is 4.90 Å². The maximum Gasteiger partial charge on any atom is 0.273 e. The molecule has 0 N–H and O–H groups in total. The molecule has 3 rings (SSSR count). The number of hydrogen-bond acceptors (Lipinski definition) is 3. The van der Waals surface area contributed by atoms with Crippen LogP contribution in [0.25, 0.3) is 0 Å². The third kappa shape index (κ3) is 2.18. The second-order valence-corrected chi connectivity index (χ2v) is 6.85. The normalized spacial score (nSPS) is 22.6. The van der Waals surface area contributed by atoms with Crippen LogP contribution in [0.4, 0.5) is 0 Å². The molecule has 4 heteroatoms. The lowest BCUT2D eigenvalue weighted by Gasteiger charge is -2.33. The van der Waals surface area contributed by atoms with Gasteiger partial charge in [-0.15, -0.1) is 11.3 Å². The quantitative estimate of drug-likeness (QED) is 0.780. The summed E-state index contributed by atoms with van der Waals surface area (Å²) in [5.41, 5.74) is 1.09. The summed E-state index contributed by atoms with van der Waals surface area (Å²) in [6, 6.07) is 0. The van der Waals surface area contributed by atoms with Crippen molar-refractivity contribution in [1.82, 2.24) is 9.88 Å². The Morgan fingerprint density at radius 3 is 2.78 bits per heavy atom. The van der Waals surface area contributed by atoms with Crippen LogP contribution in [0, 0.1) is 12.3 Å². The Bertz CT molecular complexity index is 448. The predicted molar refractivity (Wildman–Crippen MR) is 72.9 cm³/mol. The molecule has 1 aromatic heterocycles. The maximum absolute atomic E-state index is 12.4. The minimum Gasteiger partial charge on any atom is -0.337 e. The van der Waals surface area contributed by atoms with Gasteiger partial charge in [0.15, 0.2) is 0 Å². The van der Waals surface area contributed by atoms with Crippen LogP contribution in [0.1, 0.15) is 54.0 Å². The van der Waals surface area contributed by atoms with Gasteiger partial charge in [-0.05, 0) is 31.6 Å². The van der Waals surface area contributed by atoms with E-state index in [-0.39, 0.29) is 5.91 Å². The molecule has 1 amide bonds. The molecule has 1 aliphatic heterocycles. The zero-order valence-electron chi connectivity index (χ0n) is 10.9. The number of carbonyl (C=O) groups excluding carboxylic acids is 1. The maximum atomic E-state index is 12.4. The van der Waals surface area contributed by atoms with Gasteiger partial charge in [0, 0.05) is 18.5 Å². The minimum absolute atomic E-state index is 0.141. The zero-order valence-corrected chi connectivity index (χ0v) is 11.8. The molecule has 1 spiro atoms. The number of thiazole rings is 1. The number of aryl methyl sites for hydroxylation is 1. The van der Waals surface area contributed by atoms with Crippen molar-refractivity contribution >= 4 is 17.2 Å².